The molecular formula is C31H23Br2ClN4O2S. The van der Waals surface area contributed by atoms with Crippen molar-refractivity contribution in [2.75, 3.05) is 5.32 Å². The van der Waals surface area contributed by atoms with Crippen LogP contribution in [0.15, 0.2) is 104 Å². The van der Waals surface area contributed by atoms with E-state index in [9.17, 15) is 4.79 Å². The van der Waals surface area contributed by atoms with Crippen molar-refractivity contribution in [1.82, 2.24) is 10.4 Å². The second-order valence-corrected chi connectivity index (χ2v) is 12.1. The van der Waals surface area contributed by atoms with E-state index in [2.05, 4.69) is 71.7 Å². The van der Waals surface area contributed by atoms with Crippen LogP contribution in [0.5, 0.6) is 5.75 Å². The molecule has 0 aliphatic carbocycles. The molecule has 1 aromatic heterocycles. The lowest BCUT2D eigenvalue weighted by Crippen LogP contribution is -2.17. The standard InChI is InChI=1S/C31H23Br2ClN4O2S/c1-19-2-12-25(13-3-19)36-31-37-28(18-41-31)22-6-8-23(9-7-22)30(39)38-35-16-21-14-26(33)29(27(34)15-21)40-17-20-4-10-24(32)11-5-20/h2-16,18H,17H2,1H3,(H,36,37)(H,38,39)/b35-16-. The van der Waals surface area contributed by atoms with E-state index in [1.165, 1.54) is 23.1 Å². The molecule has 5 rings (SSSR count). The number of carbonyl (C=O) groups is 1. The predicted molar refractivity (Wildman–Crippen MR) is 175 cm³/mol. The highest BCUT2D eigenvalue weighted by molar-refractivity contribution is 9.10. The van der Waals surface area contributed by atoms with Gasteiger partial charge in [0.05, 0.1) is 21.4 Å². The molecule has 0 radical (unpaired) electrons. The zero-order valence-corrected chi connectivity index (χ0v) is 26.4. The summed E-state index contributed by atoms with van der Waals surface area (Å²) >= 11 is 14.9. The molecule has 0 unspecified atom stereocenters. The number of benzene rings is 4. The Morgan fingerprint density at radius 1 is 1.02 bits per heavy atom. The maximum Gasteiger partial charge on any atom is 0.271 e. The molecule has 0 fully saturated rings. The number of amides is 1. The molecule has 0 saturated carbocycles. The van der Waals surface area contributed by atoms with Crippen molar-refractivity contribution < 1.29 is 9.53 Å². The summed E-state index contributed by atoms with van der Waals surface area (Å²) in [5, 5.41) is 10.6. The first-order valence-electron chi connectivity index (χ1n) is 12.4. The van der Waals surface area contributed by atoms with Crippen molar-refractivity contribution in [3.8, 4) is 17.0 Å². The van der Waals surface area contributed by atoms with Gasteiger partial charge in [-0.25, -0.2) is 10.4 Å². The van der Waals surface area contributed by atoms with Crippen LogP contribution in [0.1, 0.15) is 27.0 Å². The van der Waals surface area contributed by atoms with Crippen molar-refractivity contribution in [3.63, 3.8) is 0 Å². The van der Waals surface area contributed by atoms with Gasteiger partial charge in [-0.3, -0.25) is 4.79 Å². The number of hydrazone groups is 1. The molecule has 206 valence electrons. The van der Waals surface area contributed by atoms with E-state index in [1.807, 2.05) is 60.0 Å². The van der Waals surface area contributed by atoms with Crippen LogP contribution in [0.2, 0.25) is 5.02 Å². The highest BCUT2D eigenvalue weighted by Crippen LogP contribution is 2.35. The lowest BCUT2D eigenvalue weighted by molar-refractivity contribution is 0.0955. The first-order valence-corrected chi connectivity index (χ1v) is 15.3. The van der Waals surface area contributed by atoms with Crippen LogP contribution in [-0.2, 0) is 6.61 Å². The topological polar surface area (TPSA) is 75.6 Å². The molecule has 5 aromatic rings. The molecule has 0 aliphatic heterocycles. The Labute approximate surface area is 263 Å². The van der Waals surface area contributed by atoms with Crippen LogP contribution in [0.3, 0.4) is 0 Å². The molecule has 4 aromatic carbocycles. The highest BCUT2D eigenvalue weighted by Gasteiger charge is 2.11. The van der Waals surface area contributed by atoms with E-state index in [-0.39, 0.29) is 5.91 Å². The van der Waals surface area contributed by atoms with Gasteiger partial charge in [0, 0.05) is 26.7 Å². The lowest BCUT2D eigenvalue weighted by Gasteiger charge is -2.11. The van der Waals surface area contributed by atoms with Crippen molar-refractivity contribution in [1.29, 1.82) is 0 Å². The Morgan fingerprint density at radius 2 is 1.76 bits per heavy atom. The Hall–Kier alpha value is -3.50. The summed E-state index contributed by atoms with van der Waals surface area (Å²) in [6.07, 6.45) is 1.53. The number of halogens is 3. The van der Waals surface area contributed by atoms with E-state index >= 15 is 0 Å². The average Bonchev–Trinajstić information content (AvgIpc) is 3.43. The number of hydrogen-bond acceptors (Lipinski definition) is 6. The van der Waals surface area contributed by atoms with E-state index in [0.29, 0.717) is 33.0 Å². The van der Waals surface area contributed by atoms with Gasteiger partial charge in [-0.2, -0.15) is 5.10 Å². The van der Waals surface area contributed by atoms with E-state index in [4.69, 9.17) is 16.3 Å². The minimum absolute atomic E-state index is 0.326. The Kier molecular flexibility index (Phi) is 9.51. The van der Waals surface area contributed by atoms with Crippen LogP contribution in [-0.4, -0.2) is 17.1 Å². The molecule has 0 aliphatic rings. The fourth-order valence-electron chi connectivity index (χ4n) is 3.77. The smallest absolute Gasteiger partial charge is 0.271 e. The minimum Gasteiger partial charge on any atom is -0.486 e. The van der Waals surface area contributed by atoms with E-state index in [0.717, 1.165) is 32.1 Å². The monoisotopic (exact) mass is 708 g/mol. The molecule has 10 heteroatoms. The Bertz CT molecular complexity index is 1670. The molecular weight excluding hydrogens is 688 g/mol. The maximum absolute atomic E-state index is 12.6. The molecule has 0 atom stereocenters. The Balaban J connectivity index is 1.16. The SMILES string of the molecule is Cc1ccc(Nc2nc(-c3ccc(C(=O)N/N=C\c4cc(Cl)c(OCc5ccc(Br)cc5)c(Br)c4)cc3)cs2)cc1. The molecule has 0 bridgehead atoms. The van der Waals surface area contributed by atoms with E-state index < -0.39 is 0 Å². The number of carbonyl (C=O) groups excluding carboxylic acids is 1. The molecule has 2 N–H and O–H groups in total. The molecule has 6 nitrogen and oxygen atoms in total. The summed E-state index contributed by atoms with van der Waals surface area (Å²) in [6, 6.07) is 26.8. The second kappa shape index (κ2) is 13.4. The first-order chi connectivity index (χ1) is 19.8. The zero-order valence-electron chi connectivity index (χ0n) is 21.7. The minimum atomic E-state index is -0.326. The van der Waals surface area contributed by atoms with Gasteiger partial charge in [0.25, 0.3) is 5.91 Å². The van der Waals surface area contributed by atoms with Gasteiger partial charge in [-0.05, 0) is 82.5 Å². The Morgan fingerprint density at radius 3 is 2.46 bits per heavy atom. The number of anilines is 2. The first kappa shape index (κ1) is 29.0. The van der Waals surface area contributed by atoms with Gasteiger partial charge in [-0.15, -0.1) is 11.3 Å². The third-order valence-electron chi connectivity index (χ3n) is 5.95. The molecule has 0 spiro atoms. The predicted octanol–water partition coefficient (Wildman–Crippen LogP) is 9.38. The van der Waals surface area contributed by atoms with Gasteiger partial charge in [0.15, 0.2) is 10.9 Å². The van der Waals surface area contributed by atoms with Gasteiger partial charge in [-0.1, -0.05) is 69.5 Å². The largest absolute Gasteiger partial charge is 0.486 e. The quantitative estimate of drug-likeness (QED) is 0.118. The highest BCUT2D eigenvalue weighted by atomic mass is 79.9. The van der Waals surface area contributed by atoms with Crippen molar-refractivity contribution >= 4 is 77.7 Å². The summed E-state index contributed by atoms with van der Waals surface area (Å²) in [6.45, 7) is 2.43. The average molecular weight is 711 g/mol. The molecule has 0 saturated heterocycles. The third kappa shape index (κ3) is 7.83. The van der Waals surface area contributed by atoms with Gasteiger partial charge in [0.1, 0.15) is 6.61 Å². The lowest BCUT2D eigenvalue weighted by atomic mass is 10.1. The fourth-order valence-corrected chi connectivity index (χ4v) is 5.77. The summed E-state index contributed by atoms with van der Waals surface area (Å²) in [4.78, 5) is 17.3. The summed E-state index contributed by atoms with van der Waals surface area (Å²) in [5.41, 5.74) is 8.70. The second-order valence-electron chi connectivity index (χ2n) is 9.03. The van der Waals surface area contributed by atoms with Crippen LogP contribution < -0.4 is 15.5 Å². The number of ether oxygens (including phenoxy) is 1. The van der Waals surface area contributed by atoms with Crippen LogP contribution in [0.4, 0.5) is 10.8 Å². The number of nitrogens with one attached hydrogen (secondary N) is 2. The summed E-state index contributed by atoms with van der Waals surface area (Å²) in [7, 11) is 0. The number of rotatable bonds is 9. The third-order valence-corrected chi connectivity index (χ3v) is 8.10. The summed E-state index contributed by atoms with van der Waals surface area (Å²) in [5.74, 6) is 0.210. The van der Waals surface area contributed by atoms with Crippen molar-refractivity contribution in [3.05, 3.63) is 127 Å². The zero-order chi connectivity index (χ0) is 28.8. The van der Waals surface area contributed by atoms with Crippen LogP contribution >= 0.6 is 54.8 Å². The van der Waals surface area contributed by atoms with Gasteiger partial charge >= 0.3 is 0 Å². The van der Waals surface area contributed by atoms with Crippen molar-refractivity contribution in [2.24, 2.45) is 5.10 Å². The fraction of sp³-hybridized carbons (Fsp3) is 0.0645. The molecule has 1 heterocycles. The maximum atomic E-state index is 12.6. The van der Waals surface area contributed by atoms with Crippen LogP contribution in [0, 0.1) is 6.92 Å². The van der Waals surface area contributed by atoms with E-state index in [1.54, 1.807) is 18.2 Å². The van der Waals surface area contributed by atoms with Gasteiger partial charge < -0.3 is 10.1 Å². The van der Waals surface area contributed by atoms with Crippen LogP contribution in [0.25, 0.3) is 11.3 Å². The normalized spacial score (nSPS) is 11.0. The molecule has 1 amide bonds. The molecule has 41 heavy (non-hydrogen) atoms. The van der Waals surface area contributed by atoms with Crippen molar-refractivity contribution in [2.45, 2.75) is 13.5 Å². The number of thiazole rings is 1. The number of aromatic nitrogens is 1. The number of nitrogens with zero attached hydrogens (tertiary/aromatic N) is 2. The number of hydrogen-bond donors (Lipinski definition) is 2. The summed E-state index contributed by atoms with van der Waals surface area (Å²) < 4.78 is 7.60. The number of aryl methyl sites for hydroxylation is 1. The van der Waals surface area contributed by atoms with Gasteiger partial charge in [0.2, 0.25) is 0 Å².